The van der Waals surface area contributed by atoms with Gasteiger partial charge in [-0.05, 0) is 76.2 Å². The van der Waals surface area contributed by atoms with Crippen molar-refractivity contribution in [1.29, 1.82) is 0 Å². The van der Waals surface area contributed by atoms with Crippen molar-refractivity contribution in [3.8, 4) is 11.5 Å². The second kappa shape index (κ2) is 8.18. The van der Waals surface area contributed by atoms with Crippen LogP contribution in [0.4, 0.5) is 11.4 Å². The first-order chi connectivity index (χ1) is 12.5. The van der Waals surface area contributed by atoms with E-state index in [0.717, 1.165) is 0 Å². The lowest BCUT2D eigenvalue weighted by atomic mass is 10.3. The molecule has 9 heteroatoms. The number of hydrogen-bond donors (Lipinski definition) is 2. The van der Waals surface area contributed by atoms with Gasteiger partial charge in [0.1, 0.15) is 11.5 Å². The average Bonchev–Trinajstić information content (AvgIpc) is 2.57. The predicted molar refractivity (Wildman–Crippen MR) is 108 cm³/mol. The van der Waals surface area contributed by atoms with Gasteiger partial charge in [0.05, 0.1) is 10.5 Å². The summed E-state index contributed by atoms with van der Waals surface area (Å²) in [5, 5.41) is -1.06. The summed E-state index contributed by atoms with van der Waals surface area (Å²) in [7, 11) is -6.79. The Morgan fingerprint density at radius 1 is 0.630 bits per heavy atom. The minimum Gasteiger partial charge on any atom is -0.457 e. The summed E-state index contributed by atoms with van der Waals surface area (Å²) in [5.74, 6) is 1.05. The van der Waals surface area contributed by atoms with Gasteiger partial charge in [-0.1, -0.05) is 0 Å². The van der Waals surface area contributed by atoms with E-state index in [2.05, 4.69) is 9.44 Å². The van der Waals surface area contributed by atoms with E-state index in [4.69, 9.17) is 4.74 Å². The molecular formula is C18H24N2O5S2. The van der Waals surface area contributed by atoms with Gasteiger partial charge in [0.15, 0.2) is 0 Å². The van der Waals surface area contributed by atoms with E-state index in [1.165, 1.54) is 0 Å². The SMILES string of the molecule is CC(C)S(=O)(=O)Nc1ccc(Oc2ccc(NS(=O)(=O)C(C)C)cc2)cc1. The highest BCUT2D eigenvalue weighted by molar-refractivity contribution is 7.93. The zero-order valence-corrected chi connectivity index (χ0v) is 17.3. The molecule has 0 radical (unpaired) electrons. The Morgan fingerprint density at radius 2 is 0.926 bits per heavy atom. The molecule has 0 aliphatic rings. The Bertz CT molecular complexity index is 884. The largest absolute Gasteiger partial charge is 0.457 e. The van der Waals surface area contributed by atoms with E-state index < -0.39 is 30.5 Å². The van der Waals surface area contributed by atoms with Crippen LogP contribution in [-0.2, 0) is 20.0 Å². The molecule has 0 aliphatic heterocycles. The van der Waals surface area contributed by atoms with Crippen LogP contribution >= 0.6 is 0 Å². The summed E-state index contributed by atoms with van der Waals surface area (Å²) in [6.45, 7) is 6.41. The van der Waals surface area contributed by atoms with Gasteiger partial charge in [-0.25, -0.2) is 16.8 Å². The van der Waals surface area contributed by atoms with Crippen molar-refractivity contribution in [3.05, 3.63) is 48.5 Å². The van der Waals surface area contributed by atoms with Gasteiger partial charge >= 0.3 is 0 Å². The van der Waals surface area contributed by atoms with Gasteiger partial charge in [0.25, 0.3) is 0 Å². The molecule has 7 nitrogen and oxygen atoms in total. The minimum absolute atomic E-state index is 0.453. The van der Waals surface area contributed by atoms with Crippen molar-refractivity contribution >= 4 is 31.4 Å². The maximum Gasteiger partial charge on any atom is 0.235 e. The Kier molecular flexibility index (Phi) is 6.38. The maximum atomic E-state index is 11.9. The van der Waals surface area contributed by atoms with Gasteiger partial charge in [-0.2, -0.15) is 0 Å². The molecule has 0 aromatic heterocycles. The third-order valence-corrected chi connectivity index (χ3v) is 7.23. The van der Waals surface area contributed by atoms with Crippen molar-refractivity contribution in [3.63, 3.8) is 0 Å². The normalized spacial score (nSPS) is 12.2. The smallest absolute Gasteiger partial charge is 0.235 e. The molecule has 2 aromatic rings. The first-order valence-electron chi connectivity index (χ1n) is 8.41. The van der Waals surface area contributed by atoms with Crippen LogP contribution in [-0.4, -0.2) is 27.3 Å². The first kappa shape index (κ1) is 21.0. The van der Waals surface area contributed by atoms with E-state index in [1.807, 2.05) is 0 Å². The van der Waals surface area contributed by atoms with Crippen molar-refractivity contribution < 1.29 is 21.6 Å². The topological polar surface area (TPSA) is 102 Å². The summed E-state index contributed by atoms with van der Waals surface area (Å²) in [5.41, 5.74) is 0.906. The van der Waals surface area contributed by atoms with Crippen LogP contribution in [0.1, 0.15) is 27.7 Å². The summed E-state index contributed by atoms with van der Waals surface area (Å²) < 4.78 is 58.1. The Balaban J connectivity index is 2.03. The molecule has 0 atom stereocenters. The standard InChI is InChI=1S/C18H24N2O5S2/c1-13(2)26(21,22)19-15-5-9-17(10-6-15)25-18-11-7-16(8-12-18)20-27(23,24)14(3)4/h5-14,19-20H,1-4H3. The van der Waals surface area contributed by atoms with Crippen LogP contribution in [0.15, 0.2) is 48.5 Å². The second-order valence-corrected chi connectivity index (χ2v) is 11.0. The second-order valence-electron chi connectivity index (χ2n) is 6.54. The number of nitrogens with one attached hydrogen (secondary N) is 2. The van der Waals surface area contributed by atoms with E-state index in [9.17, 15) is 16.8 Å². The molecule has 0 saturated heterocycles. The fraction of sp³-hybridized carbons (Fsp3) is 0.333. The number of hydrogen-bond acceptors (Lipinski definition) is 5. The highest BCUT2D eigenvalue weighted by Crippen LogP contribution is 2.25. The van der Waals surface area contributed by atoms with Crippen molar-refractivity contribution in [2.75, 3.05) is 9.44 Å². The van der Waals surface area contributed by atoms with Crippen LogP contribution in [0.3, 0.4) is 0 Å². The predicted octanol–water partition coefficient (Wildman–Crippen LogP) is 3.78. The monoisotopic (exact) mass is 412 g/mol. The Labute approximate surface area is 160 Å². The summed E-state index contributed by atoms with van der Waals surface area (Å²) in [6, 6.07) is 13.0. The average molecular weight is 413 g/mol. The lowest BCUT2D eigenvalue weighted by Crippen LogP contribution is -2.22. The number of anilines is 2. The first-order valence-corrected chi connectivity index (χ1v) is 11.5. The van der Waals surface area contributed by atoms with Crippen LogP contribution in [0, 0.1) is 0 Å². The fourth-order valence-corrected chi connectivity index (χ4v) is 3.28. The molecule has 0 aliphatic carbocycles. The molecule has 0 bridgehead atoms. The van der Waals surface area contributed by atoms with E-state index >= 15 is 0 Å². The lowest BCUT2D eigenvalue weighted by molar-refractivity contribution is 0.483. The quantitative estimate of drug-likeness (QED) is 0.687. The minimum atomic E-state index is -3.40. The molecule has 2 N–H and O–H groups in total. The van der Waals surface area contributed by atoms with Crippen LogP contribution in [0.5, 0.6) is 11.5 Å². The van der Waals surface area contributed by atoms with Crippen LogP contribution < -0.4 is 14.2 Å². The molecule has 0 amide bonds. The van der Waals surface area contributed by atoms with E-state index in [1.54, 1.807) is 76.2 Å². The zero-order valence-electron chi connectivity index (χ0n) is 15.6. The van der Waals surface area contributed by atoms with Gasteiger partial charge < -0.3 is 4.74 Å². The number of rotatable bonds is 8. The number of sulfonamides is 2. The third-order valence-electron chi connectivity index (χ3n) is 3.71. The Morgan fingerprint density at radius 3 is 1.19 bits per heavy atom. The number of benzene rings is 2. The molecule has 2 aromatic carbocycles. The molecule has 27 heavy (non-hydrogen) atoms. The zero-order chi connectivity index (χ0) is 20.2. The van der Waals surface area contributed by atoms with Gasteiger partial charge in [0, 0.05) is 11.4 Å². The molecule has 2 rings (SSSR count). The highest BCUT2D eigenvalue weighted by atomic mass is 32.2. The highest BCUT2D eigenvalue weighted by Gasteiger charge is 2.16. The maximum absolute atomic E-state index is 11.9. The fourth-order valence-electron chi connectivity index (χ4n) is 1.88. The molecule has 148 valence electrons. The van der Waals surface area contributed by atoms with Crippen LogP contribution in [0.25, 0.3) is 0 Å². The van der Waals surface area contributed by atoms with Gasteiger partial charge in [0.2, 0.25) is 20.0 Å². The van der Waals surface area contributed by atoms with Crippen molar-refractivity contribution in [2.24, 2.45) is 0 Å². The molecular weight excluding hydrogens is 388 g/mol. The Hall–Kier alpha value is -2.26. The van der Waals surface area contributed by atoms with Crippen molar-refractivity contribution in [2.45, 2.75) is 38.2 Å². The molecule has 0 spiro atoms. The summed E-state index contributed by atoms with van der Waals surface area (Å²) >= 11 is 0. The van der Waals surface area contributed by atoms with E-state index in [-0.39, 0.29) is 0 Å². The molecule has 0 heterocycles. The molecule has 0 unspecified atom stereocenters. The molecule has 0 saturated carbocycles. The molecule has 0 fully saturated rings. The number of ether oxygens (including phenoxy) is 1. The lowest BCUT2D eigenvalue weighted by Gasteiger charge is -2.12. The van der Waals surface area contributed by atoms with Crippen molar-refractivity contribution in [1.82, 2.24) is 0 Å². The van der Waals surface area contributed by atoms with Crippen LogP contribution in [0.2, 0.25) is 0 Å². The summed E-state index contributed by atoms with van der Waals surface area (Å²) in [6.07, 6.45) is 0. The van der Waals surface area contributed by atoms with E-state index in [0.29, 0.717) is 22.9 Å². The van der Waals surface area contributed by atoms with Gasteiger partial charge in [-0.15, -0.1) is 0 Å². The third kappa shape index (κ3) is 5.86. The van der Waals surface area contributed by atoms with Gasteiger partial charge in [-0.3, -0.25) is 9.44 Å². The summed E-state index contributed by atoms with van der Waals surface area (Å²) in [4.78, 5) is 0.